The molecule has 1 fully saturated rings. The van der Waals surface area contributed by atoms with Crippen molar-refractivity contribution in [3.63, 3.8) is 0 Å². The number of halogens is 2. The molecule has 23 heavy (non-hydrogen) atoms. The smallest absolute Gasteiger partial charge is 0.134 e. The van der Waals surface area contributed by atoms with Crippen LogP contribution in [-0.2, 0) is 0 Å². The molecule has 2 heteroatoms. The third-order valence-electron chi connectivity index (χ3n) is 4.89. The molecule has 0 nitrogen and oxygen atoms in total. The number of aryl methyl sites for hydroxylation is 1. The van der Waals surface area contributed by atoms with E-state index in [0.29, 0.717) is 11.5 Å². The van der Waals surface area contributed by atoms with Gasteiger partial charge in [0.25, 0.3) is 0 Å². The second kappa shape index (κ2) is 7.25. The molecule has 0 N–H and O–H groups in total. The van der Waals surface area contributed by atoms with E-state index < -0.39 is 11.6 Å². The van der Waals surface area contributed by atoms with E-state index in [1.807, 2.05) is 19.1 Å². The second-order valence-electron chi connectivity index (χ2n) is 6.68. The summed E-state index contributed by atoms with van der Waals surface area (Å²) in [6, 6.07) is 10.4. The molecule has 0 aromatic heterocycles. The van der Waals surface area contributed by atoms with Gasteiger partial charge in [0.2, 0.25) is 0 Å². The summed E-state index contributed by atoms with van der Waals surface area (Å²) in [7, 11) is 0. The van der Waals surface area contributed by atoms with E-state index in [1.165, 1.54) is 0 Å². The van der Waals surface area contributed by atoms with Crippen molar-refractivity contribution in [2.75, 3.05) is 0 Å². The van der Waals surface area contributed by atoms with Gasteiger partial charge in [-0.3, -0.25) is 0 Å². The molecule has 0 radical (unpaired) electrons. The highest BCUT2D eigenvalue weighted by atomic mass is 19.1. The van der Waals surface area contributed by atoms with Gasteiger partial charge >= 0.3 is 0 Å². The molecule has 1 aliphatic rings. The van der Waals surface area contributed by atoms with Crippen LogP contribution in [0.25, 0.3) is 11.1 Å². The van der Waals surface area contributed by atoms with Crippen molar-refractivity contribution >= 4 is 0 Å². The molecule has 1 aliphatic carbocycles. The third kappa shape index (κ3) is 3.80. The molecule has 0 saturated heterocycles. The molecule has 0 unspecified atom stereocenters. The monoisotopic (exact) mass is 318 g/mol. The maximum atomic E-state index is 14.5. The van der Waals surface area contributed by atoms with Crippen molar-refractivity contribution in [1.29, 1.82) is 0 Å². The van der Waals surface area contributed by atoms with Gasteiger partial charge in [0, 0.05) is 1.43 Å². The Hall–Kier alpha value is -1.70. The molecule has 1 saturated carbocycles. The molecule has 3 rings (SSSR count). The van der Waals surface area contributed by atoms with E-state index in [2.05, 4.69) is 6.92 Å². The maximum Gasteiger partial charge on any atom is 0.134 e. The summed E-state index contributed by atoms with van der Waals surface area (Å²) in [4.78, 5) is 0. The number of hydrogen-bond donors (Lipinski definition) is 0. The lowest BCUT2D eigenvalue weighted by molar-refractivity contribution is 0.346. The van der Waals surface area contributed by atoms with Crippen LogP contribution in [0.1, 0.15) is 58.5 Å². The largest absolute Gasteiger partial charge is 0.206 e. The summed E-state index contributed by atoms with van der Waals surface area (Å²) >= 11 is 0. The second-order valence-corrected chi connectivity index (χ2v) is 6.68. The zero-order valence-electron chi connectivity index (χ0n) is 13.2. The van der Waals surface area contributed by atoms with Crippen molar-refractivity contribution in [2.45, 2.75) is 52.9 Å². The molecule has 0 bridgehead atoms. The molecule has 0 atom stereocenters. The summed E-state index contributed by atoms with van der Waals surface area (Å²) in [6.07, 6.45) is 4.36. The van der Waals surface area contributed by atoms with Gasteiger partial charge in [-0.05, 0) is 54.9 Å². The molecule has 0 aliphatic heterocycles. The number of rotatable bonds is 2. The first-order chi connectivity index (χ1) is 10.5. The molecule has 0 amide bonds. The highest BCUT2D eigenvalue weighted by Crippen LogP contribution is 2.38. The summed E-state index contributed by atoms with van der Waals surface area (Å²) in [5.74, 6) is 0.139. The number of benzene rings is 2. The van der Waals surface area contributed by atoms with E-state index in [1.54, 1.807) is 24.3 Å². The van der Waals surface area contributed by atoms with Crippen molar-refractivity contribution < 1.29 is 10.2 Å². The fourth-order valence-corrected chi connectivity index (χ4v) is 3.42. The Morgan fingerprint density at radius 3 is 1.96 bits per heavy atom. The Morgan fingerprint density at radius 1 is 0.913 bits per heavy atom. The summed E-state index contributed by atoms with van der Waals surface area (Å²) in [6.45, 7) is 4.21. The van der Waals surface area contributed by atoms with Gasteiger partial charge in [-0.15, -0.1) is 0 Å². The molecule has 0 heterocycles. The van der Waals surface area contributed by atoms with Gasteiger partial charge < -0.3 is 0 Å². The summed E-state index contributed by atoms with van der Waals surface area (Å²) in [5.41, 5.74) is 2.59. The predicted octanol–water partition coefficient (Wildman–Crippen LogP) is 7.12. The Labute approximate surface area is 140 Å². The van der Waals surface area contributed by atoms with Crippen molar-refractivity contribution in [1.82, 2.24) is 0 Å². The van der Waals surface area contributed by atoms with E-state index >= 15 is 0 Å². The van der Waals surface area contributed by atoms with Crippen LogP contribution in [0.15, 0.2) is 36.4 Å². The van der Waals surface area contributed by atoms with E-state index in [4.69, 9.17) is 0 Å². The molecule has 2 aromatic rings. The van der Waals surface area contributed by atoms with Crippen LogP contribution in [0.3, 0.4) is 0 Å². The molecule has 0 spiro atoms. The van der Waals surface area contributed by atoms with Crippen LogP contribution in [0, 0.1) is 24.5 Å². The van der Waals surface area contributed by atoms with Crippen molar-refractivity contribution in [2.24, 2.45) is 5.92 Å². The highest BCUT2D eigenvalue weighted by Gasteiger charge is 2.22. The molecular formula is C21H28F2. The lowest BCUT2D eigenvalue weighted by atomic mass is 9.79. The summed E-state index contributed by atoms with van der Waals surface area (Å²) < 4.78 is 29.0. The first-order valence-corrected chi connectivity index (χ1v) is 8.10. The third-order valence-corrected chi connectivity index (χ3v) is 4.89. The fraction of sp³-hybridized carbons (Fsp3) is 0.429. The Kier molecular flexibility index (Phi) is 5.56. The van der Waals surface area contributed by atoms with Gasteiger partial charge in [0.1, 0.15) is 11.6 Å². The van der Waals surface area contributed by atoms with Gasteiger partial charge in [-0.1, -0.05) is 57.0 Å². The zero-order chi connectivity index (χ0) is 15.7. The molecule has 2 aromatic carbocycles. The van der Waals surface area contributed by atoms with E-state index in [0.717, 1.165) is 42.7 Å². The Morgan fingerprint density at radius 2 is 1.43 bits per heavy atom. The normalized spacial score (nSPS) is 20.9. The van der Waals surface area contributed by atoms with Crippen LogP contribution < -0.4 is 0 Å². The average molecular weight is 318 g/mol. The van der Waals surface area contributed by atoms with Crippen LogP contribution >= 0.6 is 0 Å². The topological polar surface area (TPSA) is 0 Å². The van der Waals surface area contributed by atoms with Crippen LogP contribution in [0.2, 0.25) is 0 Å². The fourth-order valence-electron chi connectivity index (χ4n) is 3.42. The first-order valence-electron chi connectivity index (χ1n) is 8.10. The van der Waals surface area contributed by atoms with E-state index in [-0.39, 0.29) is 14.4 Å². The lowest BCUT2D eigenvalue weighted by Crippen LogP contribution is -2.11. The SMILES string of the molecule is C.Cc1ccc(-c2c(F)cc(C3CCC(C)CC3)cc2F)cc1.[HH]. The number of hydrogen-bond acceptors (Lipinski definition) is 0. The van der Waals surface area contributed by atoms with Gasteiger partial charge in [-0.25, -0.2) is 8.78 Å². The average Bonchev–Trinajstić information content (AvgIpc) is 2.49. The van der Waals surface area contributed by atoms with Crippen molar-refractivity contribution in [3.8, 4) is 11.1 Å². The quantitative estimate of drug-likeness (QED) is 0.553. The minimum atomic E-state index is -0.447. The minimum absolute atomic E-state index is 0. The molecule has 126 valence electrons. The first kappa shape index (κ1) is 17.7. The zero-order valence-corrected chi connectivity index (χ0v) is 13.2. The van der Waals surface area contributed by atoms with Gasteiger partial charge in [-0.2, -0.15) is 0 Å². The maximum absolute atomic E-state index is 14.5. The van der Waals surface area contributed by atoms with Crippen LogP contribution in [0.4, 0.5) is 8.78 Å². The Bertz CT molecular complexity index is 633. The van der Waals surface area contributed by atoms with Crippen molar-refractivity contribution in [3.05, 3.63) is 59.2 Å². The van der Waals surface area contributed by atoms with Gasteiger partial charge in [0.15, 0.2) is 0 Å². The Balaban J connectivity index is 0.00000144. The van der Waals surface area contributed by atoms with Crippen LogP contribution in [-0.4, -0.2) is 0 Å². The van der Waals surface area contributed by atoms with E-state index in [9.17, 15) is 8.78 Å². The minimum Gasteiger partial charge on any atom is -0.206 e. The molecular weight excluding hydrogens is 290 g/mol. The van der Waals surface area contributed by atoms with Crippen LogP contribution in [0.5, 0.6) is 0 Å². The van der Waals surface area contributed by atoms with Gasteiger partial charge in [0.05, 0.1) is 5.56 Å². The lowest BCUT2D eigenvalue weighted by Gasteiger charge is -2.26. The highest BCUT2D eigenvalue weighted by molar-refractivity contribution is 5.65. The standard InChI is InChI=1S/C20H22F2.CH4.H2/c1-13-3-7-15(8-4-13)17-11-18(21)20(19(22)12-17)16-9-5-14(2)6-10-16;;/h5-6,9-13,15H,3-4,7-8H2,1-2H3;1H4;1H. The predicted molar refractivity (Wildman–Crippen MR) is 95.7 cm³/mol. The summed E-state index contributed by atoms with van der Waals surface area (Å²) in [5, 5.41) is 0.